The third-order valence-electron chi connectivity index (χ3n) is 5.49. The first-order valence-corrected chi connectivity index (χ1v) is 11.2. The first kappa shape index (κ1) is 20.5. The molecule has 1 aliphatic rings. The van der Waals surface area contributed by atoms with Crippen molar-refractivity contribution >= 4 is 49.3 Å². The minimum atomic E-state index is -0.723. The van der Waals surface area contributed by atoms with E-state index in [1.54, 1.807) is 0 Å². The van der Waals surface area contributed by atoms with Crippen LogP contribution in [0.15, 0.2) is 82.4 Å². The number of ether oxygens (including phenoxy) is 2. The molecule has 5 nitrogen and oxygen atoms in total. The number of benzene rings is 4. The van der Waals surface area contributed by atoms with Gasteiger partial charge in [0.1, 0.15) is 5.75 Å². The SMILES string of the molecule is CCOc1ccc(Br)cc1[C@@H]1OC(c2c3ccccc3cc3ccccc23)=NN1C(C)=O. The van der Waals surface area contributed by atoms with E-state index in [4.69, 9.17) is 9.47 Å². The zero-order chi connectivity index (χ0) is 22.2. The summed E-state index contributed by atoms with van der Waals surface area (Å²) in [6, 6.07) is 24.1. The van der Waals surface area contributed by atoms with E-state index in [1.165, 1.54) is 11.9 Å². The zero-order valence-corrected chi connectivity index (χ0v) is 19.3. The molecule has 0 spiro atoms. The molecule has 4 aromatic carbocycles. The van der Waals surface area contributed by atoms with Gasteiger partial charge in [-0.15, -0.1) is 5.10 Å². The fourth-order valence-corrected chi connectivity index (χ4v) is 4.49. The number of halogens is 1. The lowest BCUT2D eigenvalue weighted by molar-refractivity contribution is -0.135. The van der Waals surface area contributed by atoms with Gasteiger partial charge in [0, 0.05) is 11.4 Å². The summed E-state index contributed by atoms with van der Waals surface area (Å²) >= 11 is 3.52. The van der Waals surface area contributed by atoms with E-state index in [0.717, 1.165) is 37.1 Å². The Labute approximate surface area is 194 Å². The van der Waals surface area contributed by atoms with Crippen LogP contribution in [-0.4, -0.2) is 23.4 Å². The molecule has 0 aliphatic carbocycles. The maximum Gasteiger partial charge on any atom is 0.243 e. The van der Waals surface area contributed by atoms with E-state index in [-0.39, 0.29) is 5.91 Å². The Morgan fingerprint density at radius 2 is 1.69 bits per heavy atom. The van der Waals surface area contributed by atoms with Gasteiger partial charge in [-0.1, -0.05) is 64.5 Å². The van der Waals surface area contributed by atoms with Gasteiger partial charge < -0.3 is 9.47 Å². The summed E-state index contributed by atoms with van der Waals surface area (Å²) in [4.78, 5) is 12.6. The number of nitrogens with zero attached hydrogens (tertiary/aromatic N) is 2. The second-order valence-corrected chi connectivity index (χ2v) is 8.46. The van der Waals surface area contributed by atoms with E-state index >= 15 is 0 Å². The summed E-state index contributed by atoms with van der Waals surface area (Å²) in [5.74, 6) is 0.865. The fourth-order valence-electron chi connectivity index (χ4n) is 4.11. The van der Waals surface area contributed by atoms with Gasteiger partial charge in [0.15, 0.2) is 0 Å². The summed E-state index contributed by atoms with van der Waals surface area (Å²) in [6.07, 6.45) is -0.723. The average molecular weight is 489 g/mol. The van der Waals surface area contributed by atoms with E-state index in [1.807, 2.05) is 49.4 Å². The Bertz CT molecular complexity index is 1330. The van der Waals surface area contributed by atoms with Crippen LogP contribution >= 0.6 is 15.9 Å². The van der Waals surface area contributed by atoms with Crippen molar-refractivity contribution in [3.63, 3.8) is 0 Å². The third kappa shape index (κ3) is 3.50. The maximum atomic E-state index is 12.6. The lowest BCUT2D eigenvalue weighted by atomic mass is 9.96. The molecular weight excluding hydrogens is 468 g/mol. The molecule has 1 aliphatic heterocycles. The highest BCUT2D eigenvalue weighted by atomic mass is 79.9. The van der Waals surface area contributed by atoms with Crippen LogP contribution in [-0.2, 0) is 9.53 Å². The van der Waals surface area contributed by atoms with Crippen molar-refractivity contribution in [3.05, 3.63) is 88.4 Å². The van der Waals surface area contributed by atoms with Gasteiger partial charge in [-0.05, 0) is 52.7 Å². The molecule has 6 heteroatoms. The number of amides is 1. The normalized spacial score (nSPS) is 15.7. The van der Waals surface area contributed by atoms with E-state index < -0.39 is 6.23 Å². The van der Waals surface area contributed by atoms with Crippen LogP contribution in [0.4, 0.5) is 0 Å². The van der Waals surface area contributed by atoms with Crippen molar-refractivity contribution in [1.82, 2.24) is 5.01 Å². The third-order valence-corrected chi connectivity index (χ3v) is 5.98. The summed E-state index contributed by atoms with van der Waals surface area (Å²) in [5.41, 5.74) is 1.61. The van der Waals surface area contributed by atoms with Gasteiger partial charge in [0.05, 0.1) is 17.7 Å². The number of hydrazone groups is 1. The Balaban J connectivity index is 1.70. The molecule has 0 radical (unpaired) electrons. The number of rotatable bonds is 4. The second-order valence-electron chi connectivity index (χ2n) is 7.55. The highest BCUT2D eigenvalue weighted by Crippen LogP contribution is 2.39. The number of fused-ring (bicyclic) bond motifs is 2. The smallest absolute Gasteiger partial charge is 0.243 e. The van der Waals surface area contributed by atoms with Gasteiger partial charge in [-0.25, -0.2) is 0 Å². The van der Waals surface area contributed by atoms with Gasteiger partial charge in [0.25, 0.3) is 0 Å². The lowest BCUT2D eigenvalue weighted by Crippen LogP contribution is -2.25. The topological polar surface area (TPSA) is 51.1 Å². The first-order valence-electron chi connectivity index (χ1n) is 10.4. The molecule has 1 amide bonds. The Hall–Kier alpha value is -3.38. The van der Waals surface area contributed by atoms with Gasteiger partial charge in [-0.2, -0.15) is 5.01 Å². The lowest BCUT2D eigenvalue weighted by Gasteiger charge is -2.22. The van der Waals surface area contributed by atoms with Crippen LogP contribution < -0.4 is 4.74 Å². The summed E-state index contributed by atoms with van der Waals surface area (Å²) in [5, 5.41) is 10.3. The van der Waals surface area contributed by atoms with Crippen LogP contribution in [0.2, 0.25) is 0 Å². The van der Waals surface area contributed by atoms with E-state index in [2.05, 4.69) is 51.4 Å². The van der Waals surface area contributed by atoms with Crippen molar-refractivity contribution in [2.75, 3.05) is 6.61 Å². The molecule has 0 saturated heterocycles. The molecule has 0 saturated carbocycles. The highest BCUT2D eigenvalue weighted by Gasteiger charge is 2.36. The largest absolute Gasteiger partial charge is 0.493 e. The molecule has 160 valence electrons. The van der Waals surface area contributed by atoms with Crippen LogP contribution in [0.5, 0.6) is 5.75 Å². The standard InChI is InChI=1S/C26H21BrN2O3/c1-3-31-23-13-12-19(27)15-22(23)26-29(16(2)30)28-25(32-26)24-20-10-6-4-8-17(20)14-18-9-5-7-11-21(18)24/h4-15,26H,3H2,1-2H3/t26-/m0/s1. The zero-order valence-electron chi connectivity index (χ0n) is 17.7. The quantitative estimate of drug-likeness (QED) is 0.312. The molecule has 4 aromatic rings. The van der Waals surface area contributed by atoms with Gasteiger partial charge >= 0.3 is 0 Å². The van der Waals surface area contributed by atoms with Gasteiger partial charge in [0.2, 0.25) is 18.0 Å². The Morgan fingerprint density at radius 1 is 1.03 bits per heavy atom. The van der Waals surface area contributed by atoms with E-state index in [0.29, 0.717) is 18.3 Å². The second kappa shape index (κ2) is 8.28. The molecule has 1 heterocycles. The molecule has 0 fully saturated rings. The Kier molecular flexibility index (Phi) is 5.31. The number of carbonyl (C=O) groups excluding carboxylic acids is 1. The monoisotopic (exact) mass is 488 g/mol. The fraction of sp³-hybridized carbons (Fsp3) is 0.154. The van der Waals surface area contributed by atoms with Crippen molar-refractivity contribution in [2.45, 2.75) is 20.1 Å². The molecular formula is C26H21BrN2O3. The molecule has 32 heavy (non-hydrogen) atoms. The predicted octanol–water partition coefficient (Wildman–Crippen LogP) is 6.39. The molecule has 5 rings (SSSR count). The molecule has 0 bridgehead atoms. The van der Waals surface area contributed by atoms with Crippen LogP contribution in [0, 0.1) is 0 Å². The van der Waals surface area contributed by atoms with Crippen molar-refractivity contribution in [3.8, 4) is 5.75 Å². The van der Waals surface area contributed by atoms with Crippen molar-refractivity contribution in [2.24, 2.45) is 5.10 Å². The number of hydrogen-bond acceptors (Lipinski definition) is 4. The van der Waals surface area contributed by atoms with Crippen LogP contribution in [0.3, 0.4) is 0 Å². The average Bonchev–Trinajstić information content (AvgIpc) is 3.24. The molecule has 0 N–H and O–H groups in total. The number of carbonyl (C=O) groups is 1. The minimum Gasteiger partial charge on any atom is -0.493 e. The van der Waals surface area contributed by atoms with Gasteiger partial charge in [-0.3, -0.25) is 4.79 Å². The predicted molar refractivity (Wildman–Crippen MR) is 130 cm³/mol. The van der Waals surface area contributed by atoms with Crippen molar-refractivity contribution in [1.29, 1.82) is 0 Å². The van der Waals surface area contributed by atoms with Crippen LogP contribution in [0.25, 0.3) is 21.5 Å². The molecule has 1 atom stereocenters. The van der Waals surface area contributed by atoms with E-state index in [9.17, 15) is 4.79 Å². The van der Waals surface area contributed by atoms with Crippen LogP contribution in [0.1, 0.15) is 31.2 Å². The minimum absolute atomic E-state index is 0.211. The highest BCUT2D eigenvalue weighted by molar-refractivity contribution is 9.10. The van der Waals surface area contributed by atoms with Crippen molar-refractivity contribution < 1.29 is 14.3 Å². The molecule has 0 aromatic heterocycles. The molecule has 0 unspecified atom stereocenters. The maximum absolute atomic E-state index is 12.6. The Morgan fingerprint density at radius 3 is 2.31 bits per heavy atom. The summed E-state index contributed by atoms with van der Waals surface area (Å²) in [6.45, 7) is 3.92. The number of hydrogen-bond donors (Lipinski definition) is 0. The first-order chi connectivity index (χ1) is 15.6. The summed E-state index contributed by atoms with van der Waals surface area (Å²) in [7, 11) is 0. The summed E-state index contributed by atoms with van der Waals surface area (Å²) < 4.78 is 13.1.